The minimum Gasteiger partial charge on any atom is -0.490 e. The summed E-state index contributed by atoms with van der Waals surface area (Å²) in [7, 11) is 4.54. The number of aliphatic hydroxyl groups is 1. The van der Waals surface area contributed by atoms with Gasteiger partial charge in [0.25, 0.3) is 0 Å². The summed E-state index contributed by atoms with van der Waals surface area (Å²) in [5.74, 6) is 1.76. The van der Waals surface area contributed by atoms with Crippen molar-refractivity contribution in [2.45, 2.75) is 6.61 Å². The number of esters is 1. The van der Waals surface area contributed by atoms with Gasteiger partial charge < -0.3 is 28.8 Å². The van der Waals surface area contributed by atoms with Crippen molar-refractivity contribution in [1.82, 2.24) is 39.5 Å². The number of carbonyl (C=O) groups excluding carboxylic acids is 1. The number of nitrogens with zero attached hydrogens (tertiary/aromatic N) is 8. The van der Waals surface area contributed by atoms with Gasteiger partial charge in [0.2, 0.25) is 0 Å². The Morgan fingerprint density at radius 3 is 1.73 bits per heavy atom. The van der Waals surface area contributed by atoms with Crippen molar-refractivity contribution in [3.8, 4) is 23.1 Å². The number of benzene rings is 2. The second kappa shape index (κ2) is 16.5. The molecule has 4 heterocycles. The lowest BCUT2D eigenvalue weighted by Gasteiger charge is -2.08. The van der Waals surface area contributed by atoms with Crippen molar-refractivity contribution in [3.05, 3.63) is 81.8 Å². The first kappa shape index (κ1) is 34.8. The van der Waals surface area contributed by atoms with Gasteiger partial charge in [-0.15, -0.1) is 0 Å². The third-order valence-corrected chi connectivity index (χ3v) is 7.52. The quantitative estimate of drug-likeness (QED) is 0.136. The lowest BCUT2D eigenvalue weighted by atomic mass is 10.2. The molecule has 0 aliphatic carbocycles. The smallest absolute Gasteiger partial charge is 0.358 e. The van der Waals surface area contributed by atoms with E-state index in [1.54, 1.807) is 42.2 Å². The van der Waals surface area contributed by atoms with Crippen LogP contribution in [0.3, 0.4) is 0 Å². The van der Waals surface area contributed by atoms with E-state index in [0.717, 1.165) is 30.8 Å². The summed E-state index contributed by atoms with van der Waals surface area (Å²) in [5, 5.41) is 19.6. The number of fused-ring (bicyclic) bond motifs is 2. The summed E-state index contributed by atoms with van der Waals surface area (Å²) >= 11 is 6.95. The monoisotopic (exact) mass is 784 g/mol. The second-order valence-corrected chi connectivity index (χ2v) is 11.6. The van der Waals surface area contributed by atoms with Crippen molar-refractivity contribution < 1.29 is 33.6 Å². The van der Waals surface area contributed by atoms with Gasteiger partial charge in [0, 0.05) is 23.2 Å². The van der Waals surface area contributed by atoms with Gasteiger partial charge in [-0.05, 0) is 24.3 Å². The Morgan fingerprint density at radius 1 is 0.708 bits per heavy atom. The molecule has 15 nitrogen and oxygen atoms in total. The van der Waals surface area contributed by atoms with Crippen LogP contribution in [0, 0.1) is 0 Å². The first-order chi connectivity index (χ1) is 23.4. The SMILES string of the molecule is COCCOc1cc(Br)cc2c1cnn2-c1cncc(C(=O)OC)n1.COCCOc1cc(Br)cc2c1cnn2-c1cncc(CO)n1. The Labute approximate surface area is 291 Å². The number of rotatable bonds is 12. The third-order valence-electron chi connectivity index (χ3n) is 6.61. The molecule has 2 aromatic carbocycles. The maximum Gasteiger partial charge on any atom is 0.358 e. The van der Waals surface area contributed by atoms with Gasteiger partial charge in [-0.2, -0.15) is 10.2 Å². The van der Waals surface area contributed by atoms with E-state index in [9.17, 15) is 9.90 Å². The van der Waals surface area contributed by atoms with Crippen LogP contribution in [0.5, 0.6) is 11.5 Å². The molecule has 0 atom stereocenters. The molecule has 48 heavy (non-hydrogen) atoms. The van der Waals surface area contributed by atoms with Gasteiger partial charge in [-0.1, -0.05) is 31.9 Å². The van der Waals surface area contributed by atoms with Gasteiger partial charge >= 0.3 is 5.97 Å². The van der Waals surface area contributed by atoms with Crippen molar-refractivity contribution in [1.29, 1.82) is 0 Å². The van der Waals surface area contributed by atoms with Crippen LogP contribution in [0.2, 0.25) is 0 Å². The summed E-state index contributed by atoms with van der Waals surface area (Å²) in [5.41, 5.74) is 2.18. The van der Waals surface area contributed by atoms with Gasteiger partial charge in [0.05, 0.1) is 91.6 Å². The van der Waals surface area contributed by atoms with E-state index in [-0.39, 0.29) is 12.3 Å². The topological polar surface area (TPSA) is 171 Å². The number of carbonyl (C=O) groups is 1. The van der Waals surface area contributed by atoms with Crippen LogP contribution in [0.4, 0.5) is 0 Å². The number of halogens is 2. The zero-order valence-electron chi connectivity index (χ0n) is 26.0. The van der Waals surface area contributed by atoms with E-state index in [1.807, 2.05) is 24.3 Å². The highest BCUT2D eigenvalue weighted by Gasteiger charge is 2.16. The average molecular weight is 786 g/mol. The Hall–Kier alpha value is -4.55. The molecule has 0 saturated heterocycles. The molecule has 0 spiro atoms. The molecule has 0 radical (unpaired) electrons. The zero-order valence-corrected chi connectivity index (χ0v) is 29.2. The fourth-order valence-electron chi connectivity index (χ4n) is 4.43. The van der Waals surface area contributed by atoms with E-state index in [4.69, 9.17) is 18.9 Å². The second-order valence-electron chi connectivity index (χ2n) is 9.75. The Balaban J connectivity index is 0.000000188. The zero-order chi connectivity index (χ0) is 34.0. The average Bonchev–Trinajstić information content (AvgIpc) is 3.73. The Morgan fingerprint density at radius 2 is 1.23 bits per heavy atom. The molecular weight excluding hydrogens is 756 g/mol. The number of ether oxygens (including phenoxy) is 5. The van der Waals surface area contributed by atoms with E-state index in [2.05, 4.69) is 66.7 Å². The van der Waals surface area contributed by atoms with Crippen LogP contribution in [-0.2, 0) is 20.8 Å². The van der Waals surface area contributed by atoms with Crippen molar-refractivity contribution in [3.63, 3.8) is 0 Å². The van der Waals surface area contributed by atoms with E-state index in [0.29, 0.717) is 55.3 Å². The first-order valence-electron chi connectivity index (χ1n) is 14.3. The molecule has 6 rings (SSSR count). The summed E-state index contributed by atoms with van der Waals surface area (Å²) < 4.78 is 31.1. The molecule has 1 N–H and O–H groups in total. The largest absolute Gasteiger partial charge is 0.490 e. The van der Waals surface area contributed by atoms with Crippen molar-refractivity contribution in [2.24, 2.45) is 0 Å². The maximum absolute atomic E-state index is 11.7. The summed E-state index contributed by atoms with van der Waals surface area (Å²) in [6.45, 7) is 1.69. The molecule has 0 unspecified atom stereocenters. The molecule has 17 heteroatoms. The molecule has 0 bridgehead atoms. The standard InChI is InChI=1S/C16H15BrN4O4.C15H15BrN4O3/c1-23-3-4-25-14-6-10(17)5-13-11(14)7-19-21(13)15-9-18-8-12(20-15)16(22)24-2;1-22-2-3-23-14-5-10(16)4-13-12(14)7-18-20(13)15-8-17-6-11(9-21)19-15/h5-9H,3-4H2,1-2H3;4-8,21H,2-3,9H2,1H3. The lowest BCUT2D eigenvalue weighted by Crippen LogP contribution is -2.09. The van der Waals surface area contributed by atoms with Crippen LogP contribution >= 0.6 is 31.9 Å². The molecule has 0 aliphatic heterocycles. The van der Waals surface area contributed by atoms with E-state index < -0.39 is 5.97 Å². The molecule has 0 saturated carbocycles. The van der Waals surface area contributed by atoms with Crippen LogP contribution in [0.25, 0.3) is 33.4 Å². The van der Waals surface area contributed by atoms with E-state index >= 15 is 0 Å². The van der Waals surface area contributed by atoms with Crippen molar-refractivity contribution in [2.75, 3.05) is 47.8 Å². The van der Waals surface area contributed by atoms with Crippen molar-refractivity contribution >= 4 is 59.6 Å². The van der Waals surface area contributed by atoms with Gasteiger partial charge in [0.1, 0.15) is 24.7 Å². The van der Waals surface area contributed by atoms with Crippen LogP contribution in [0.15, 0.2) is 70.4 Å². The molecule has 4 aromatic heterocycles. The summed E-state index contributed by atoms with van der Waals surface area (Å²) in [4.78, 5) is 28.4. The Bertz CT molecular complexity index is 2020. The highest BCUT2D eigenvalue weighted by Crippen LogP contribution is 2.32. The number of hydrogen-bond acceptors (Lipinski definition) is 13. The fraction of sp³-hybridized carbons (Fsp3) is 0.258. The number of aromatic nitrogens is 8. The lowest BCUT2D eigenvalue weighted by molar-refractivity contribution is 0.0593. The maximum atomic E-state index is 11.7. The minimum absolute atomic E-state index is 0.107. The molecule has 250 valence electrons. The number of methoxy groups -OCH3 is 3. The molecule has 0 fully saturated rings. The van der Waals surface area contributed by atoms with Gasteiger partial charge in [-0.25, -0.2) is 24.1 Å². The van der Waals surface area contributed by atoms with Crippen LogP contribution in [-0.4, -0.2) is 98.3 Å². The highest BCUT2D eigenvalue weighted by molar-refractivity contribution is 9.10. The number of aliphatic hydroxyl groups excluding tert-OH is 1. The summed E-state index contributed by atoms with van der Waals surface area (Å²) in [6.07, 6.45) is 9.37. The fourth-order valence-corrected chi connectivity index (χ4v) is 5.28. The van der Waals surface area contributed by atoms with Crippen LogP contribution in [0.1, 0.15) is 16.2 Å². The predicted molar refractivity (Wildman–Crippen MR) is 181 cm³/mol. The van der Waals surface area contributed by atoms with Gasteiger partial charge in [-0.3, -0.25) is 9.97 Å². The molecule has 6 aromatic rings. The molecule has 0 amide bonds. The predicted octanol–water partition coefficient (Wildman–Crippen LogP) is 4.49. The number of hydrogen-bond donors (Lipinski definition) is 1. The first-order valence-corrected chi connectivity index (χ1v) is 15.9. The Kier molecular flexibility index (Phi) is 12.0. The normalized spacial score (nSPS) is 11.0. The third kappa shape index (κ3) is 8.11. The van der Waals surface area contributed by atoms with Gasteiger partial charge in [0.15, 0.2) is 17.3 Å². The minimum atomic E-state index is -0.560. The van der Waals surface area contributed by atoms with Crippen LogP contribution < -0.4 is 9.47 Å². The highest BCUT2D eigenvalue weighted by atomic mass is 79.9. The van der Waals surface area contributed by atoms with E-state index in [1.165, 1.54) is 25.7 Å². The molecular formula is C31H30Br2N8O7. The molecule has 0 aliphatic rings. The summed E-state index contributed by atoms with van der Waals surface area (Å²) in [6, 6.07) is 7.57.